The highest BCUT2D eigenvalue weighted by atomic mass is 32.1. The highest BCUT2D eigenvalue weighted by Crippen LogP contribution is 2.27. The molecule has 5 nitrogen and oxygen atoms in total. The van der Waals surface area contributed by atoms with Crippen LogP contribution in [0.25, 0.3) is 10.2 Å². The molecule has 0 spiro atoms. The number of hydrogen-bond acceptors (Lipinski definition) is 5. The average molecular weight is 345 g/mol. The minimum absolute atomic E-state index is 0.0787. The fraction of sp³-hybridized carbons (Fsp3) is 0.188. The normalized spacial score (nSPS) is 10.7. The molecule has 0 unspecified atom stereocenters. The number of thiophene rings is 1. The molecular formula is C16H15N3O2S2. The Kier molecular flexibility index (Phi) is 4.40. The number of amides is 2. The van der Waals surface area contributed by atoms with Crippen LogP contribution in [0.1, 0.15) is 20.1 Å². The van der Waals surface area contributed by atoms with Crippen molar-refractivity contribution in [3.63, 3.8) is 0 Å². The highest BCUT2D eigenvalue weighted by Gasteiger charge is 2.12. The number of carbonyl (C=O) groups excluding carboxylic acids is 2. The molecule has 0 aliphatic rings. The average Bonchev–Trinajstić information content (AvgIpc) is 3.11. The van der Waals surface area contributed by atoms with Gasteiger partial charge in [-0.1, -0.05) is 23.5 Å². The van der Waals surface area contributed by atoms with Crippen LogP contribution in [0.5, 0.6) is 0 Å². The topological polar surface area (TPSA) is 71.1 Å². The molecule has 2 aromatic heterocycles. The van der Waals surface area contributed by atoms with Crippen LogP contribution < -0.4 is 10.6 Å². The first-order chi connectivity index (χ1) is 11.0. The number of nitrogens with one attached hydrogen (secondary N) is 2. The summed E-state index contributed by atoms with van der Waals surface area (Å²) in [7, 11) is 0. The van der Waals surface area contributed by atoms with Crippen LogP contribution >= 0.6 is 22.7 Å². The van der Waals surface area contributed by atoms with E-state index in [1.165, 1.54) is 22.7 Å². The molecule has 0 saturated heterocycles. The molecule has 2 amide bonds. The molecule has 3 rings (SSSR count). The van der Waals surface area contributed by atoms with Crippen LogP contribution in [0, 0.1) is 13.8 Å². The van der Waals surface area contributed by atoms with E-state index in [1.807, 2.05) is 38.1 Å². The van der Waals surface area contributed by atoms with Crippen LogP contribution in [0.4, 0.5) is 5.13 Å². The van der Waals surface area contributed by atoms with Gasteiger partial charge in [-0.15, -0.1) is 11.3 Å². The predicted octanol–water partition coefficient (Wildman–Crippen LogP) is 3.34. The zero-order chi connectivity index (χ0) is 16.4. The van der Waals surface area contributed by atoms with Gasteiger partial charge in [0.2, 0.25) is 5.91 Å². The largest absolute Gasteiger partial charge is 0.342 e. The first-order valence-electron chi connectivity index (χ1n) is 7.03. The third-order valence-electron chi connectivity index (χ3n) is 3.24. The van der Waals surface area contributed by atoms with Crippen LogP contribution in [-0.4, -0.2) is 23.3 Å². The Hall–Kier alpha value is -2.25. The molecule has 1 aromatic carbocycles. The Morgan fingerprint density at radius 3 is 2.65 bits per heavy atom. The molecule has 0 aliphatic heterocycles. The Bertz CT molecular complexity index is 882. The van der Waals surface area contributed by atoms with Gasteiger partial charge in [-0.05, 0) is 37.6 Å². The second kappa shape index (κ2) is 6.47. The van der Waals surface area contributed by atoms with Crippen molar-refractivity contribution in [3.05, 3.63) is 45.6 Å². The zero-order valence-corrected chi connectivity index (χ0v) is 14.3. The molecule has 2 heterocycles. The Morgan fingerprint density at radius 2 is 1.96 bits per heavy atom. The fourth-order valence-electron chi connectivity index (χ4n) is 2.11. The number of rotatable bonds is 4. The quantitative estimate of drug-likeness (QED) is 0.762. The van der Waals surface area contributed by atoms with Crippen molar-refractivity contribution in [1.82, 2.24) is 10.3 Å². The van der Waals surface area contributed by atoms with Crippen molar-refractivity contribution < 1.29 is 9.59 Å². The van der Waals surface area contributed by atoms with E-state index in [0.717, 1.165) is 20.7 Å². The maximum Gasteiger partial charge on any atom is 0.261 e. The van der Waals surface area contributed by atoms with Crippen LogP contribution in [0.2, 0.25) is 0 Å². The molecule has 2 N–H and O–H groups in total. The molecule has 23 heavy (non-hydrogen) atoms. The number of fused-ring (bicyclic) bond motifs is 1. The number of anilines is 1. The summed E-state index contributed by atoms with van der Waals surface area (Å²) in [4.78, 5) is 29.9. The molecular weight excluding hydrogens is 330 g/mol. The summed E-state index contributed by atoms with van der Waals surface area (Å²) in [5, 5.41) is 5.88. The monoisotopic (exact) mass is 345 g/mol. The van der Waals surface area contributed by atoms with Gasteiger partial charge in [-0.25, -0.2) is 4.98 Å². The van der Waals surface area contributed by atoms with Gasteiger partial charge in [0.25, 0.3) is 5.91 Å². The number of thiazole rings is 1. The van der Waals surface area contributed by atoms with Gasteiger partial charge in [-0.3, -0.25) is 9.59 Å². The lowest BCUT2D eigenvalue weighted by Crippen LogP contribution is -2.32. The summed E-state index contributed by atoms with van der Waals surface area (Å²) < 4.78 is 1.03. The number of aryl methyl sites for hydroxylation is 2. The van der Waals surface area contributed by atoms with E-state index >= 15 is 0 Å². The van der Waals surface area contributed by atoms with Crippen molar-refractivity contribution >= 4 is 49.8 Å². The molecule has 0 fully saturated rings. The second-order valence-electron chi connectivity index (χ2n) is 5.08. The standard InChI is InChI=1S/C16H15N3O2S2/c1-9-4-3-5-11-14(9)19-16(23-11)18-13(20)8-17-15(21)12-7-6-10(2)22-12/h3-7H,8H2,1-2H3,(H,17,21)(H,18,19,20). The van der Waals surface area contributed by atoms with Gasteiger partial charge in [0, 0.05) is 4.88 Å². The van der Waals surface area contributed by atoms with E-state index in [4.69, 9.17) is 0 Å². The lowest BCUT2D eigenvalue weighted by atomic mass is 10.2. The van der Waals surface area contributed by atoms with Gasteiger partial charge in [0.05, 0.1) is 21.6 Å². The summed E-state index contributed by atoms with van der Waals surface area (Å²) in [6.45, 7) is 3.84. The molecule has 3 aromatic rings. The minimum Gasteiger partial charge on any atom is -0.342 e. The SMILES string of the molecule is Cc1ccc(C(=O)NCC(=O)Nc2nc3c(C)cccc3s2)s1. The maximum atomic E-state index is 12.0. The lowest BCUT2D eigenvalue weighted by molar-refractivity contribution is -0.115. The van der Waals surface area contributed by atoms with Gasteiger partial charge in [0.1, 0.15) is 0 Å². The minimum atomic E-state index is -0.289. The van der Waals surface area contributed by atoms with Gasteiger partial charge < -0.3 is 10.6 Å². The van der Waals surface area contributed by atoms with Gasteiger partial charge in [0.15, 0.2) is 5.13 Å². The van der Waals surface area contributed by atoms with E-state index in [1.54, 1.807) is 6.07 Å². The summed E-state index contributed by atoms with van der Waals surface area (Å²) in [5.41, 5.74) is 1.96. The van der Waals surface area contributed by atoms with E-state index in [-0.39, 0.29) is 18.4 Å². The molecule has 0 saturated carbocycles. The van der Waals surface area contributed by atoms with Crippen molar-refractivity contribution in [2.75, 3.05) is 11.9 Å². The van der Waals surface area contributed by atoms with Crippen LogP contribution in [0.15, 0.2) is 30.3 Å². The van der Waals surface area contributed by atoms with E-state index in [2.05, 4.69) is 15.6 Å². The predicted molar refractivity (Wildman–Crippen MR) is 94.4 cm³/mol. The molecule has 7 heteroatoms. The smallest absolute Gasteiger partial charge is 0.261 e. The van der Waals surface area contributed by atoms with Gasteiger partial charge >= 0.3 is 0 Å². The zero-order valence-electron chi connectivity index (χ0n) is 12.7. The Balaban J connectivity index is 1.60. The van der Waals surface area contributed by atoms with Gasteiger partial charge in [-0.2, -0.15) is 0 Å². The van der Waals surface area contributed by atoms with Crippen molar-refractivity contribution in [1.29, 1.82) is 0 Å². The summed E-state index contributed by atoms with van der Waals surface area (Å²) >= 11 is 2.82. The van der Waals surface area contributed by atoms with E-state index < -0.39 is 0 Å². The lowest BCUT2D eigenvalue weighted by Gasteiger charge is -2.03. The number of para-hydroxylation sites is 1. The third-order valence-corrected chi connectivity index (χ3v) is 5.18. The molecule has 0 bridgehead atoms. The first kappa shape index (κ1) is 15.6. The Labute approximate surface area is 141 Å². The summed E-state index contributed by atoms with van der Waals surface area (Å²) in [6, 6.07) is 9.55. The van der Waals surface area contributed by atoms with Crippen LogP contribution in [-0.2, 0) is 4.79 Å². The summed E-state index contributed by atoms with van der Waals surface area (Å²) in [5.74, 6) is -0.526. The number of benzene rings is 1. The van der Waals surface area contributed by atoms with Crippen LogP contribution in [0.3, 0.4) is 0 Å². The van der Waals surface area contributed by atoms with E-state index in [9.17, 15) is 9.59 Å². The number of carbonyl (C=O) groups is 2. The van der Waals surface area contributed by atoms with Crippen molar-refractivity contribution in [3.8, 4) is 0 Å². The first-order valence-corrected chi connectivity index (χ1v) is 8.67. The van der Waals surface area contributed by atoms with E-state index in [0.29, 0.717) is 10.0 Å². The highest BCUT2D eigenvalue weighted by molar-refractivity contribution is 7.22. The number of aromatic nitrogens is 1. The summed E-state index contributed by atoms with van der Waals surface area (Å²) in [6.07, 6.45) is 0. The molecule has 118 valence electrons. The second-order valence-corrected chi connectivity index (χ2v) is 7.40. The molecule has 0 radical (unpaired) electrons. The maximum absolute atomic E-state index is 12.0. The van der Waals surface area contributed by atoms with Crippen molar-refractivity contribution in [2.24, 2.45) is 0 Å². The number of hydrogen-bond donors (Lipinski definition) is 2. The third kappa shape index (κ3) is 3.57. The molecule has 0 aliphatic carbocycles. The fourth-order valence-corrected chi connectivity index (χ4v) is 3.85. The van der Waals surface area contributed by atoms with Crippen molar-refractivity contribution in [2.45, 2.75) is 13.8 Å². The Morgan fingerprint density at radius 1 is 1.13 bits per heavy atom. The molecule has 0 atom stereocenters. The number of nitrogens with zero attached hydrogens (tertiary/aromatic N) is 1.